The number of rotatable bonds is 8. The van der Waals surface area contributed by atoms with Gasteiger partial charge < -0.3 is 9.84 Å². The third kappa shape index (κ3) is 4.88. The molecule has 0 aromatic carbocycles. The Kier molecular flexibility index (Phi) is 5.49. The van der Waals surface area contributed by atoms with Crippen molar-refractivity contribution in [1.29, 1.82) is 0 Å². The topological polar surface area (TPSA) is 77.2 Å². The molecule has 6 nitrogen and oxygen atoms in total. The van der Waals surface area contributed by atoms with Gasteiger partial charge in [-0.15, -0.1) is 5.10 Å². The second-order valence-corrected chi connectivity index (χ2v) is 3.48. The van der Waals surface area contributed by atoms with E-state index < -0.39 is 5.97 Å². The number of hydrogen-bond donors (Lipinski definition) is 1. The molecule has 0 saturated carbocycles. The maximum Gasteiger partial charge on any atom is 0.303 e. The number of aryl methyl sites for hydroxylation is 1. The summed E-state index contributed by atoms with van der Waals surface area (Å²) in [5.41, 5.74) is 0.706. The smallest absolute Gasteiger partial charge is 0.303 e. The largest absolute Gasteiger partial charge is 0.481 e. The number of nitrogens with zero attached hydrogens (tertiary/aromatic N) is 3. The van der Waals surface area contributed by atoms with Gasteiger partial charge in [-0.2, -0.15) is 0 Å². The minimum Gasteiger partial charge on any atom is -0.481 e. The number of carbonyl (C=O) groups is 1. The zero-order chi connectivity index (χ0) is 11.8. The molecular weight excluding hydrogens is 210 g/mol. The van der Waals surface area contributed by atoms with Crippen LogP contribution in [0.4, 0.5) is 0 Å². The molecule has 0 saturated heterocycles. The zero-order valence-corrected chi connectivity index (χ0v) is 9.43. The summed E-state index contributed by atoms with van der Waals surface area (Å²) in [5.74, 6) is -0.819. The molecule has 0 bridgehead atoms. The summed E-state index contributed by atoms with van der Waals surface area (Å²) in [6.45, 7) is 4.07. The van der Waals surface area contributed by atoms with E-state index >= 15 is 0 Å². The fraction of sp³-hybridized carbons (Fsp3) is 0.700. The van der Waals surface area contributed by atoms with Gasteiger partial charge in [-0.05, 0) is 6.42 Å². The van der Waals surface area contributed by atoms with Gasteiger partial charge in [0.1, 0.15) is 0 Å². The van der Waals surface area contributed by atoms with Gasteiger partial charge in [-0.3, -0.25) is 4.79 Å². The average Bonchev–Trinajstić information content (AvgIpc) is 2.70. The van der Waals surface area contributed by atoms with Crippen molar-refractivity contribution in [3.05, 3.63) is 11.9 Å². The van der Waals surface area contributed by atoms with Gasteiger partial charge in [0.2, 0.25) is 0 Å². The molecule has 0 amide bonds. The molecule has 1 rings (SSSR count). The Morgan fingerprint density at radius 2 is 2.38 bits per heavy atom. The van der Waals surface area contributed by atoms with Crippen molar-refractivity contribution in [2.45, 2.75) is 32.7 Å². The first-order valence-electron chi connectivity index (χ1n) is 5.41. The fourth-order valence-electron chi connectivity index (χ4n) is 1.20. The monoisotopic (exact) mass is 227 g/mol. The highest BCUT2D eigenvalue weighted by Gasteiger charge is 2.03. The predicted molar refractivity (Wildman–Crippen MR) is 57.1 cm³/mol. The summed E-state index contributed by atoms with van der Waals surface area (Å²) in [6.07, 6.45) is 3.27. The molecule has 0 atom stereocenters. The Morgan fingerprint density at radius 3 is 3.06 bits per heavy atom. The van der Waals surface area contributed by atoms with Gasteiger partial charge in [0.25, 0.3) is 0 Å². The lowest BCUT2D eigenvalue weighted by Crippen LogP contribution is -2.07. The summed E-state index contributed by atoms with van der Waals surface area (Å²) < 4.78 is 6.98. The van der Waals surface area contributed by atoms with Crippen LogP contribution in [0, 0.1) is 0 Å². The highest BCUT2D eigenvalue weighted by Crippen LogP contribution is 1.98. The normalized spacial score (nSPS) is 10.6. The van der Waals surface area contributed by atoms with E-state index in [4.69, 9.17) is 9.84 Å². The standard InChI is InChI=1S/C10H17N3O3/c1-2-6-16-7-5-13-8-9(11-12-13)3-4-10(14)15/h8H,2-7H2,1H3,(H,14,15). The molecule has 1 aromatic heterocycles. The van der Waals surface area contributed by atoms with E-state index in [1.807, 2.05) is 0 Å². The Bertz CT molecular complexity index is 325. The summed E-state index contributed by atoms with van der Waals surface area (Å²) in [6, 6.07) is 0. The van der Waals surface area contributed by atoms with Crippen LogP contribution in [0.2, 0.25) is 0 Å². The van der Waals surface area contributed by atoms with Crippen LogP contribution in [0.3, 0.4) is 0 Å². The molecule has 90 valence electrons. The van der Waals surface area contributed by atoms with Gasteiger partial charge in [0.05, 0.1) is 25.3 Å². The number of ether oxygens (including phenoxy) is 1. The number of hydrogen-bond acceptors (Lipinski definition) is 4. The Morgan fingerprint density at radius 1 is 1.56 bits per heavy atom. The molecule has 16 heavy (non-hydrogen) atoms. The van der Waals surface area contributed by atoms with E-state index in [0.29, 0.717) is 25.3 Å². The highest BCUT2D eigenvalue weighted by molar-refractivity contribution is 5.66. The Labute approximate surface area is 94.2 Å². The van der Waals surface area contributed by atoms with Crippen LogP contribution in [0.25, 0.3) is 0 Å². The highest BCUT2D eigenvalue weighted by atomic mass is 16.5. The van der Waals surface area contributed by atoms with E-state index in [-0.39, 0.29) is 6.42 Å². The number of aromatic nitrogens is 3. The molecule has 0 fully saturated rings. The van der Waals surface area contributed by atoms with Crippen molar-refractivity contribution < 1.29 is 14.6 Å². The van der Waals surface area contributed by atoms with Gasteiger partial charge in [-0.1, -0.05) is 12.1 Å². The molecule has 0 spiro atoms. The minimum atomic E-state index is -0.819. The number of carboxylic acids is 1. The summed E-state index contributed by atoms with van der Waals surface area (Å²) in [4.78, 5) is 10.3. The van der Waals surface area contributed by atoms with Crippen LogP contribution >= 0.6 is 0 Å². The fourth-order valence-corrected chi connectivity index (χ4v) is 1.20. The van der Waals surface area contributed by atoms with Crippen LogP contribution in [-0.4, -0.2) is 39.3 Å². The summed E-state index contributed by atoms with van der Waals surface area (Å²) >= 11 is 0. The van der Waals surface area contributed by atoms with Crippen LogP contribution in [0.5, 0.6) is 0 Å². The van der Waals surface area contributed by atoms with Crippen LogP contribution in [0.15, 0.2) is 6.20 Å². The molecular formula is C10H17N3O3. The average molecular weight is 227 g/mol. The third-order valence-electron chi connectivity index (χ3n) is 1.99. The lowest BCUT2D eigenvalue weighted by atomic mass is 10.2. The first-order chi connectivity index (χ1) is 7.72. The van der Waals surface area contributed by atoms with E-state index in [2.05, 4.69) is 17.2 Å². The van der Waals surface area contributed by atoms with Gasteiger partial charge in [0, 0.05) is 19.2 Å². The third-order valence-corrected chi connectivity index (χ3v) is 1.99. The first kappa shape index (κ1) is 12.6. The van der Waals surface area contributed by atoms with Gasteiger partial charge >= 0.3 is 5.97 Å². The summed E-state index contributed by atoms with van der Waals surface area (Å²) in [5, 5.41) is 16.3. The van der Waals surface area contributed by atoms with Crippen LogP contribution in [0.1, 0.15) is 25.5 Å². The van der Waals surface area contributed by atoms with Crippen molar-refractivity contribution in [3.8, 4) is 0 Å². The predicted octanol–water partition coefficient (Wildman–Crippen LogP) is 0.722. The van der Waals surface area contributed by atoms with Crippen LogP contribution < -0.4 is 0 Å². The van der Waals surface area contributed by atoms with Gasteiger partial charge in [-0.25, -0.2) is 4.68 Å². The molecule has 1 N–H and O–H groups in total. The van der Waals surface area contributed by atoms with Crippen molar-refractivity contribution in [3.63, 3.8) is 0 Å². The molecule has 0 radical (unpaired) electrons. The van der Waals surface area contributed by atoms with E-state index in [1.54, 1.807) is 10.9 Å². The molecule has 6 heteroatoms. The van der Waals surface area contributed by atoms with Crippen molar-refractivity contribution in [2.24, 2.45) is 0 Å². The van der Waals surface area contributed by atoms with Crippen molar-refractivity contribution in [1.82, 2.24) is 15.0 Å². The molecule has 1 aromatic rings. The molecule has 0 aliphatic rings. The van der Waals surface area contributed by atoms with E-state index in [9.17, 15) is 4.79 Å². The number of aliphatic carboxylic acids is 1. The van der Waals surface area contributed by atoms with E-state index in [1.165, 1.54) is 0 Å². The lowest BCUT2D eigenvalue weighted by Gasteiger charge is -2.01. The Balaban J connectivity index is 2.25. The second-order valence-electron chi connectivity index (χ2n) is 3.48. The van der Waals surface area contributed by atoms with Crippen LogP contribution in [-0.2, 0) is 22.5 Å². The van der Waals surface area contributed by atoms with Gasteiger partial charge in [0.15, 0.2) is 0 Å². The minimum absolute atomic E-state index is 0.0883. The first-order valence-corrected chi connectivity index (χ1v) is 5.41. The lowest BCUT2D eigenvalue weighted by molar-refractivity contribution is -0.136. The summed E-state index contributed by atoms with van der Waals surface area (Å²) in [7, 11) is 0. The Hall–Kier alpha value is -1.43. The van der Waals surface area contributed by atoms with Crippen molar-refractivity contribution >= 4 is 5.97 Å². The second kappa shape index (κ2) is 6.95. The maximum absolute atomic E-state index is 10.3. The SMILES string of the molecule is CCCOCCn1cc(CCC(=O)O)nn1. The molecule has 1 heterocycles. The molecule has 0 aliphatic heterocycles. The van der Waals surface area contributed by atoms with Crippen molar-refractivity contribution in [2.75, 3.05) is 13.2 Å². The quantitative estimate of drug-likeness (QED) is 0.662. The zero-order valence-electron chi connectivity index (χ0n) is 9.43. The molecule has 0 unspecified atom stereocenters. The number of carboxylic acid groups (broad SMARTS) is 1. The maximum atomic E-state index is 10.3. The molecule has 0 aliphatic carbocycles. The van der Waals surface area contributed by atoms with E-state index in [0.717, 1.165) is 13.0 Å².